The van der Waals surface area contributed by atoms with Crippen molar-refractivity contribution in [2.24, 2.45) is 11.7 Å². The molecule has 1 amide bonds. The first-order valence-electron chi connectivity index (χ1n) is 6.56. The van der Waals surface area contributed by atoms with Crippen molar-refractivity contribution in [1.29, 1.82) is 0 Å². The van der Waals surface area contributed by atoms with Gasteiger partial charge < -0.3 is 15.4 Å². The average Bonchev–Trinajstić information content (AvgIpc) is 2.29. The number of hydrogen-bond donors (Lipinski definition) is 1. The molecule has 0 saturated heterocycles. The maximum atomic E-state index is 12.1. The molecule has 2 N–H and O–H groups in total. The monoisotopic (exact) mass is 244 g/mol. The zero-order valence-electron chi connectivity index (χ0n) is 11.7. The van der Waals surface area contributed by atoms with Crippen molar-refractivity contribution >= 4 is 5.91 Å². The SMILES string of the molecule is CCCCC(CC)C(=O)N(C)CC(N)COC. The Hall–Kier alpha value is -0.610. The zero-order valence-corrected chi connectivity index (χ0v) is 11.7. The van der Waals surface area contributed by atoms with Gasteiger partial charge in [-0.25, -0.2) is 0 Å². The van der Waals surface area contributed by atoms with Gasteiger partial charge >= 0.3 is 0 Å². The molecule has 0 aliphatic carbocycles. The lowest BCUT2D eigenvalue weighted by atomic mass is 9.98. The summed E-state index contributed by atoms with van der Waals surface area (Å²) in [6.45, 7) is 5.27. The summed E-state index contributed by atoms with van der Waals surface area (Å²) in [6, 6.07) is -0.0994. The molecule has 0 aromatic heterocycles. The molecule has 0 aliphatic heterocycles. The topological polar surface area (TPSA) is 55.6 Å². The van der Waals surface area contributed by atoms with Gasteiger partial charge in [0.15, 0.2) is 0 Å². The minimum Gasteiger partial charge on any atom is -0.383 e. The Morgan fingerprint density at radius 2 is 2.06 bits per heavy atom. The van der Waals surface area contributed by atoms with E-state index in [2.05, 4.69) is 13.8 Å². The van der Waals surface area contributed by atoms with Gasteiger partial charge in [-0.15, -0.1) is 0 Å². The van der Waals surface area contributed by atoms with E-state index in [4.69, 9.17) is 10.5 Å². The minimum atomic E-state index is -0.0994. The molecule has 2 unspecified atom stereocenters. The molecule has 4 heteroatoms. The van der Waals surface area contributed by atoms with Crippen molar-refractivity contribution in [1.82, 2.24) is 4.90 Å². The van der Waals surface area contributed by atoms with E-state index in [-0.39, 0.29) is 17.9 Å². The van der Waals surface area contributed by atoms with Gasteiger partial charge in [0.25, 0.3) is 0 Å². The van der Waals surface area contributed by atoms with Crippen LogP contribution in [0.2, 0.25) is 0 Å². The van der Waals surface area contributed by atoms with Gasteiger partial charge in [0.2, 0.25) is 5.91 Å². The highest BCUT2D eigenvalue weighted by Gasteiger charge is 2.20. The fourth-order valence-corrected chi connectivity index (χ4v) is 1.97. The van der Waals surface area contributed by atoms with Gasteiger partial charge in [-0.1, -0.05) is 26.7 Å². The largest absolute Gasteiger partial charge is 0.383 e. The third kappa shape index (κ3) is 6.64. The summed E-state index contributed by atoms with van der Waals surface area (Å²) in [5.74, 6) is 0.363. The van der Waals surface area contributed by atoms with Gasteiger partial charge in [-0.05, 0) is 12.8 Å². The van der Waals surface area contributed by atoms with E-state index in [1.807, 2.05) is 7.05 Å². The summed E-state index contributed by atoms with van der Waals surface area (Å²) in [5, 5.41) is 0. The van der Waals surface area contributed by atoms with Crippen LogP contribution in [0.25, 0.3) is 0 Å². The minimum absolute atomic E-state index is 0.0994. The molecular formula is C13H28N2O2. The summed E-state index contributed by atoms with van der Waals surface area (Å²) in [5.41, 5.74) is 5.85. The molecule has 0 saturated carbocycles. The van der Waals surface area contributed by atoms with E-state index in [9.17, 15) is 4.79 Å². The lowest BCUT2D eigenvalue weighted by Gasteiger charge is -2.25. The second kappa shape index (κ2) is 9.42. The fourth-order valence-electron chi connectivity index (χ4n) is 1.97. The Morgan fingerprint density at radius 3 is 2.53 bits per heavy atom. The number of amides is 1. The lowest BCUT2D eigenvalue weighted by molar-refractivity contribution is -0.134. The van der Waals surface area contributed by atoms with Gasteiger partial charge in [-0.2, -0.15) is 0 Å². The average molecular weight is 244 g/mol. The third-order valence-electron chi connectivity index (χ3n) is 3.01. The van der Waals surface area contributed by atoms with Gasteiger partial charge in [0, 0.05) is 32.7 Å². The van der Waals surface area contributed by atoms with E-state index in [0.717, 1.165) is 25.7 Å². The summed E-state index contributed by atoms with van der Waals surface area (Å²) in [7, 11) is 3.45. The highest BCUT2D eigenvalue weighted by molar-refractivity contribution is 5.78. The molecule has 17 heavy (non-hydrogen) atoms. The molecular weight excluding hydrogens is 216 g/mol. The number of nitrogens with two attached hydrogens (primary N) is 1. The maximum absolute atomic E-state index is 12.1. The normalized spacial score (nSPS) is 14.4. The molecule has 0 rings (SSSR count). The maximum Gasteiger partial charge on any atom is 0.225 e. The first-order chi connectivity index (χ1) is 8.06. The van der Waals surface area contributed by atoms with Crippen molar-refractivity contribution < 1.29 is 9.53 Å². The van der Waals surface area contributed by atoms with E-state index in [1.165, 1.54) is 0 Å². The van der Waals surface area contributed by atoms with Crippen LogP contribution in [-0.2, 0) is 9.53 Å². The summed E-state index contributed by atoms with van der Waals surface area (Å²) < 4.78 is 4.97. The number of likely N-dealkylation sites (N-methyl/N-ethyl adjacent to an activating group) is 1. The van der Waals surface area contributed by atoms with Crippen LogP contribution >= 0.6 is 0 Å². The van der Waals surface area contributed by atoms with Crippen LogP contribution in [0.1, 0.15) is 39.5 Å². The predicted octanol–water partition coefficient (Wildman–Crippen LogP) is 1.63. The molecule has 0 fully saturated rings. The van der Waals surface area contributed by atoms with Crippen molar-refractivity contribution in [3.63, 3.8) is 0 Å². The molecule has 0 aromatic rings. The quantitative estimate of drug-likeness (QED) is 0.671. The third-order valence-corrected chi connectivity index (χ3v) is 3.01. The van der Waals surface area contributed by atoms with E-state index in [1.54, 1.807) is 12.0 Å². The number of ether oxygens (including phenoxy) is 1. The fraction of sp³-hybridized carbons (Fsp3) is 0.923. The number of rotatable bonds is 9. The number of hydrogen-bond acceptors (Lipinski definition) is 3. The summed E-state index contributed by atoms with van der Waals surface area (Å²) in [4.78, 5) is 13.9. The molecule has 0 bridgehead atoms. The van der Waals surface area contributed by atoms with Crippen LogP contribution < -0.4 is 5.73 Å². The van der Waals surface area contributed by atoms with Gasteiger partial charge in [0.05, 0.1) is 6.61 Å². The van der Waals surface area contributed by atoms with Crippen LogP contribution in [0, 0.1) is 5.92 Å². The Morgan fingerprint density at radius 1 is 1.41 bits per heavy atom. The smallest absolute Gasteiger partial charge is 0.225 e. The highest BCUT2D eigenvalue weighted by atomic mass is 16.5. The molecule has 2 atom stereocenters. The standard InChI is InChI=1S/C13H28N2O2/c1-5-7-8-11(6-2)13(16)15(3)9-12(14)10-17-4/h11-12H,5-10,14H2,1-4H3. The van der Waals surface area contributed by atoms with Crippen LogP contribution in [0.5, 0.6) is 0 Å². The van der Waals surface area contributed by atoms with Crippen molar-refractivity contribution in [3.8, 4) is 0 Å². The van der Waals surface area contributed by atoms with Crippen LogP contribution in [0.15, 0.2) is 0 Å². The Balaban J connectivity index is 4.15. The Kier molecular flexibility index (Phi) is 9.09. The van der Waals surface area contributed by atoms with Gasteiger partial charge in [-0.3, -0.25) is 4.79 Å². The predicted molar refractivity (Wildman–Crippen MR) is 70.8 cm³/mol. The molecule has 0 heterocycles. The van der Waals surface area contributed by atoms with Crippen LogP contribution in [0.4, 0.5) is 0 Å². The van der Waals surface area contributed by atoms with Crippen molar-refractivity contribution in [2.75, 3.05) is 27.3 Å². The molecule has 102 valence electrons. The second-order valence-corrected chi connectivity index (χ2v) is 4.68. The molecule has 0 aromatic carbocycles. The summed E-state index contributed by atoms with van der Waals surface area (Å²) in [6.07, 6.45) is 4.14. The molecule has 0 radical (unpaired) electrons. The number of unbranched alkanes of at least 4 members (excludes halogenated alkanes) is 1. The van der Waals surface area contributed by atoms with Crippen molar-refractivity contribution in [2.45, 2.75) is 45.6 Å². The first kappa shape index (κ1) is 16.4. The van der Waals surface area contributed by atoms with Crippen LogP contribution in [-0.4, -0.2) is 44.2 Å². The highest BCUT2D eigenvalue weighted by Crippen LogP contribution is 2.15. The lowest BCUT2D eigenvalue weighted by Crippen LogP contribution is -2.43. The van der Waals surface area contributed by atoms with E-state index in [0.29, 0.717) is 13.2 Å². The van der Waals surface area contributed by atoms with E-state index >= 15 is 0 Å². The zero-order chi connectivity index (χ0) is 13.3. The summed E-state index contributed by atoms with van der Waals surface area (Å²) >= 11 is 0. The number of nitrogens with zero attached hydrogens (tertiary/aromatic N) is 1. The van der Waals surface area contributed by atoms with Gasteiger partial charge in [0.1, 0.15) is 0 Å². The molecule has 0 aliphatic rings. The van der Waals surface area contributed by atoms with Crippen LogP contribution in [0.3, 0.4) is 0 Å². The number of carbonyl (C=O) groups excluding carboxylic acids is 1. The molecule has 4 nitrogen and oxygen atoms in total. The Bertz CT molecular complexity index is 210. The van der Waals surface area contributed by atoms with E-state index < -0.39 is 0 Å². The van der Waals surface area contributed by atoms with Crippen molar-refractivity contribution in [3.05, 3.63) is 0 Å². The number of carbonyl (C=O) groups is 1. The second-order valence-electron chi connectivity index (χ2n) is 4.68. The number of methoxy groups -OCH3 is 1. The first-order valence-corrected chi connectivity index (χ1v) is 6.56. The Labute approximate surface area is 105 Å². The molecule has 0 spiro atoms.